The van der Waals surface area contributed by atoms with Crippen molar-refractivity contribution < 1.29 is 0 Å². The summed E-state index contributed by atoms with van der Waals surface area (Å²) >= 11 is 0. The Balaban J connectivity index is 1.72. The zero-order valence-corrected chi connectivity index (χ0v) is 10.9. The van der Waals surface area contributed by atoms with Crippen LogP contribution in [0.15, 0.2) is 24.3 Å². The van der Waals surface area contributed by atoms with Gasteiger partial charge in [-0.1, -0.05) is 24.3 Å². The standard InChI is InChI=1S/C17H21N/c1-2-4-11-15(10-3-1)18-17-13-7-9-14-8-5-6-12-16(14)17/h5-6,8,12,15,17-18H,1,3,7,9-11,13H2. The van der Waals surface area contributed by atoms with Crippen LogP contribution < -0.4 is 5.32 Å². The van der Waals surface area contributed by atoms with Crippen molar-refractivity contribution in [1.82, 2.24) is 5.32 Å². The van der Waals surface area contributed by atoms with E-state index in [1.54, 1.807) is 5.56 Å². The van der Waals surface area contributed by atoms with Gasteiger partial charge in [-0.05, 0) is 43.2 Å². The lowest BCUT2D eigenvalue weighted by Crippen LogP contribution is -2.34. The van der Waals surface area contributed by atoms with Gasteiger partial charge < -0.3 is 5.32 Å². The molecule has 18 heavy (non-hydrogen) atoms. The zero-order chi connectivity index (χ0) is 12.2. The summed E-state index contributed by atoms with van der Waals surface area (Å²) in [4.78, 5) is 0. The van der Waals surface area contributed by atoms with Crippen LogP contribution in [-0.4, -0.2) is 6.04 Å². The van der Waals surface area contributed by atoms with Crippen LogP contribution >= 0.6 is 0 Å². The van der Waals surface area contributed by atoms with E-state index in [1.807, 2.05) is 0 Å². The molecule has 1 aromatic carbocycles. The van der Waals surface area contributed by atoms with Gasteiger partial charge in [-0.2, -0.15) is 0 Å². The van der Waals surface area contributed by atoms with Gasteiger partial charge in [0.05, 0.1) is 0 Å². The zero-order valence-electron chi connectivity index (χ0n) is 10.9. The van der Waals surface area contributed by atoms with Gasteiger partial charge in [-0.25, -0.2) is 0 Å². The fraction of sp³-hybridized carbons (Fsp3) is 0.529. The van der Waals surface area contributed by atoms with E-state index in [1.165, 1.54) is 37.7 Å². The van der Waals surface area contributed by atoms with Crippen LogP contribution in [-0.2, 0) is 6.42 Å². The quantitative estimate of drug-likeness (QED) is 0.778. The van der Waals surface area contributed by atoms with E-state index in [0.29, 0.717) is 12.1 Å². The van der Waals surface area contributed by atoms with E-state index >= 15 is 0 Å². The molecule has 0 saturated carbocycles. The van der Waals surface area contributed by atoms with Gasteiger partial charge in [-0.3, -0.25) is 0 Å². The minimum absolute atomic E-state index is 0.555. The van der Waals surface area contributed by atoms with Gasteiger partial charge in [0, 0.05) is 24.9 Å². The molecule has 0 bridgehead atoms. The molecule has 1 nitrogen and oxygen atoms in total. The van der Waals surface area contributed by atoms with Crippen LogP contribution in [0.25, 0.3) is 0 Å². The average molecular weight is 239 g/mol. The van der Waals surface area contributed by atoms with E-state index in [2.05, 4.69) is 41.4 Å². The molecule has 0 saturated heterocycles. The summed E-state index contributed by atoms with van der Waals surface area (Å²) in [6.07, 6.45) is 8.46. The summed E-state index contributed by atoms with van der Waals surface area (Å²) in [6.45, 7) is 0. The molecule has 1 heteroatoms. The Labute approximate surface area is 110 Å². The van der Waals surface area contributed by atoms with Crippen molar-refractivity contribution in [1.29, 1.82) is 0 Å². The van der Waals surface area contributed by atoms with E-state index in [0.717, 1.165) is 12.8 Å². The molecule has 1 aromatic rings. The first-order valence-corrected chi connectivity index (χ1v) is 7.23. The number of benzene rings is 1. The molecule has 0 heterocycles. The Kier molecular flexibility index (Phi) is 3.67. The average Bonchev–Trinajstić information content (AvgIpc) is 2.68. The third-order valence-electron chi connectivity index (χ3n) is 4.13. The summed E-state index contributed by atoms with van der Waals surface area (Å²) in [7, 11) is 0. The summed E-state index contributed by atoms with van der Waals surface area (Å²) in [5, 5.41) is 3.85. The van der Waals surface area contributed by atoms with Crippen LogP contribution in [0.1, 0.15) is 55.7 Å². The predicted molar refractivity (Wildman–Crippen MR) is 75.3 cm³/mol. The number of rotatable bonds is 2. The van der Waals surface area contributed by atoms with E-state index < -0.39 is 0 Å². The summed E-state index contributed by atoms with van der Waals surface area (Å²) < 4.78 is 0. The van der Waals surface area contributed by atoms with Gasteiger partial charge in [0.25, 0.3) is 0 Å². The highest BCUT2D eigenvalue weighted by molar-refractivity contribution is 5.32. The lowest BCUT2D eigenvalue weighted by molar-refractivity contribution is 0.380. The molecule has 2 aliphatic rings. The maximum absolute atomic E-state index is 3.85. The Bertz CT molecular complexity index is 466. The monoisotopic (exact) mass is 239 g/mol. The normalized spacial score (nSPS) is 26.7. The molecule has 0 aromatic heterocycles. The van der Waals surface area contributed by atoms with Crippen molar-refractivity contribution in [2.24, 2.45) is 0 Å². The Morgan fingerprint density at radius 2 is 2.00 bits per heavy atom. The molecule has 2 unspecified atom stereocenters. The maximum atomic E-state index is 3.85. The highest BCUT2D eigenvalue weighted by atomic mass is 15.0. The third-order valence-corrected chi connectivity index (χ3v) is 4.13. The second-order valence-electron chi connectivity index (χ2n) is 5.46. The Morgan fingerprint density at radius 1 is 1.06 bits per heavy atom. The summed E-state index contributed by atoms with van der Waals surface area (Å²) in [5.41, 5.74) is 3.07. The second-order valence-corrected chi connectivity index (χ2v) is 5.46. The molecule has 1 N–H and O–H groups in total. The lowest BCUT2D eigenvalue weighted by atomic mass is 9.87. The molecule has 2 aliphatic carbocycles. The van der Waals surface area contributed by atoms with Crippen molar-refractivity contribution in [3.05, 3.63) is 35.4 Å². The minimum atomic E-state index is 0.555. The Morgan fingerprint density at radius 3 is 3.00 bits per heavy atom. The van der Waals surface area contributed by atoms with Gasteiger partial charge >= 0.3 is 0 Å². The van der Waals surface area contributed by atoms with Crippen molar-refractivity contribution in [3.63, 3.8) is 0 Å². The van der Waals surface area contributed by atoms with Crippen LogP contribution in [0.4, 0.5) is 0 Å². The molecule has 2 atom stereocenters. The Hall–Kier alpha value is -1.26. The number of hydrogen-bond donors (Lipinski definition) is 1. The molecule has 0 fully saturated rings. The SMILES string of the molecule is C1#CCC(NC2CCCc3ccccc32)CCC1. The molecule has 0 radical (unpaired) electrons. The number of fused-ring (bicyclic) bond motifs is 1. The van der Waals surface area contributed by atoms with Crippen LogP contribution in [0.2, 0.25) is 0 Å². The van der Waals surface area contributed by atoms with Gasteiger partial charge in [0.1, 0.15) is 0 Å². The number of hydrogen-bond acceptors (Lipinski definition) is 1. The highest BCUT2D eigenvalue weighted by Gasteiger charge is 2.22. The van der Waals surface area contributed by atoms with Crippen molar-refractivity contribution >= 4 is 0 Å². The van der Waals surface area contributed by atoms with E-state index in [9.17, 15) is 0 Å². The summed E-state index contributed by atoms with van der Waals surface area (Å²) in [5.74, 6) is 6.54. The molecule has 94 valence electrons. The first kappa shape index (κ1) is 11.8. The van der Waals surface area contributed by atoms with Crippen molar-refractivity contribution in [2.45, 2.75) is 57.0 Å². The fourth-order valence-corrected chi connectivity index (χ4v) is 3.18. The first-order valence-electron chi connectivity index (χ1n) is 7.23. The van der Waals surface area contributed by atoms with Gasteiger partial charge in [-0.15, -0.1) is 11.8 Å². The van der Waals surface area contributed by atoms with E-state index in [4.69, 9.17) is 0 Å². The highest BCUT2D eigenvalue weighted by Crippen LogP contribution is 2.30. The minimum Gasteiger partial charge on any atom is -0.306 e. The molecule has 0 amide bonds. The fourth-order valence-electron chi connectivity index (χ4n) is 3.18. The second kappa shape index (κ2) is 5.59. The maximum Gasteiger partial charge on any atom is 0.0325 e. The van der Waals surface area contributed by atoms with Crippen LogP contribution in [0.3, 0.4) is 0 Å². The molecule has 0 aliphatic heterocycles. The molecule has 0 spiro atoms. The topological polar surface area (TPSA) is 12.0 Å². The van der Waals surface area contributed by atoms with Gasteiger partial charge in [0.2, 0.25) is 0 Å². The first-order chi connectivity index (χ1) is 8.93. The molecule has 3 rings (SSSR count). The number of nitrogens with one attached hydrogen (secondary N) is 1. The predicted octanol–water partition coefficient (Wildman–Crippen LogP) is 3.60. The van der Waals surface area contributed by atoms with Crippen LogP contribution in [0, 0.1) is 11.8 Å². The van der Waals surface area contributed by atoms with Crippen molar-refractivity contribution in [2.75, 3.05) is 0 Å². The van der Waals surface area contributed by atoms with Gasteiger partial charge in [0.15, 0.2) is 0 Å². The van der Waals surface area contributed by atoms with Crippen molar-refractivity contribution in [3.8, 4) is 11.8 Å². The van der Waals surface area contributed by atoms with Crippen LogP contribution in [0.5, 0.6) is 0 Å². The third kappa shape index (κ3) is 2.60. The lowest BCUT2D eigenvalue weighted by Gasteiger charge is -2.30. The summed E-state index contributed by atoms with van der Waals surface area (Å²) in [6, 6.07) is 10.1. The molecular weight excluding hydrogens is 218 g/mol. The number of aryl methyl sites for hydroxylation is 1. The molecular formula is C17H21N. The smallest absolute Gasteiger partial charge is 0.0325 e. The van der Waals surface area contributed by atoms with E-state index in [-0.39, 0.29) is 0 Å². The largest absolute Gasteiger partial charge is 0.306 e.